The van der Waals surface area contributed by atoms with Crippen LogP contribution in [0.15, 0.2) is 18.3 Å². The van der Waals surface area contributed by atoms with Gasteiger partial charge in [0.05, 0.1) is 5.56 Å². The summed E-state index contributed by atoms with van der Waals surface area (Å²) in [6, 6.07) is 3.74. The van der Waals surface area contributed by atoms with E-state index >= 15 is 0 Å². The Balaban J connectivity index is 1.78. The van der Waals surface area contributed by atoms with Crippen molar-refractivity contribution in [3.05, 3.63) is 29.7 Å². The molecule has 21 heavy (non-hydrogen) atoms. The molecular formula is C15H20N4O2. The molecule has 2 aromatic heterocycles. The van der Waals surface area contributed by atoms with Gasteiger partial charge in [0.25, 0.3) is 0 Å². The van der Waals surface area contributed by atoms with E-state index in [1.54, 1.807) is 18.3 Å². The van der Waals surface area contributed by atoms with Gasteiger partial charge in [-0.3, -0.25) is 4.40 Å². The molecule has 0 amide bonds. The maximum atomic E-state index is 11.0. The molecule has 1 N–H and O–H groups in total. The number of hydrogen-bond acceptors (Lipinski definition) is 4. The number of fused-ring (bicyclic) bond motifs is 1. The smallest absolute Gasteiger partial charge is 0.335 e. The van der Waals surface area contributed by atoms with Crippen LogP contribution in [-0.4, -0.2) is 49.7 Å². The summed E-state index contributed by atoms with van der Waals surface area (Å²) < 4.78 is 1.89. The monoisotopic (exact) mass is 288 g/mol. The molecule has 2 aromatic rings. The average Bonchev–Trinajstić information content (AvgIpc) is 3.06. The highest BCUT2D eigenvalue weighted by molar-refractivity contribution is 5.88. The number of aromatic carboxylic acids is 1. The third-order valence-corrected chi connectivity index (χ3v) is 4.25. The first-order valence-corrected chi connectivity index (χ1v) is 7.35. The van der Waals surface area contributed by atoms with E-state index in [1.807, 2.05) is 4.40 Å². The maximum Gasteiger partial charge on any atom is 0.335 e. The van der Waals surface area contributed by atoms with Crippen LogP contribution in [0, 0.1) is 5.92 Å². The summed E-state index contributed by atoms with van der Waals surface area (Å²) in [6.45, 7) is 6.69. The van der Waals surface area contributed by atoms with Crippen LogP contribution in [0.25, 0.3) is 5.65 Å². The molecule has 0 spiro atoms. The second-order valence-electron chi connectivity index (χ2n) is 6.01. The van der Waals surface area contributed by atoms with Gasteiger partial charge < -0.3 is 10.0 Å². The van der Waals surface area contributed by atoms with Crippen molar-refractivity contribution in [3.63, 3.8) is 0 Å². The van der Waals surface area contributed by atoms with Crippen LogP contribution in [0.2, 0.25) is 0 Å². The van der Waals surface area contributed by atoms with Crippen molar-refractivity contribution in [3.8, 4) is 0 Å². The first kappa shape index (κ1) is 14.0. The molecule has 112 valence electrons. The minimum atomic E-state index is -0.939. The molecule has 1 unspecified atom stereocenters. The van der Waals surface area contributed by atoms with Crippen LogP contribution in [0.3, 0.4) is 0 Å². The summed E-state index contributed by atoms with van der Waals surface area (Å²) in [5, 5.41) is 17.3. The molecule has 1 fully saturated rings. The van der Waals surface area contributed by atoms with Crippen molar-refractivity contribution in [1.82, 2.24) is 19.5 Å². The zero-order valence-electron chi connectivity index (χ0n) is 12.4. The van der Waals surface area contributed by atoms with E-state index in [0.717, 1.165) is 25.3 Å². The molecule has 1 atom stereocenters. The highest BCUT2D eigenvalue weighted by Crippen LogP contribution is 2.22. The lowest BCUT2D eigenvalue weighted by Crippen LogP contribution is -2.28. The predicted molar refractivity (Wildman–Crippen MR) is 78.5 cm³/mol. The maximum absolute atomic E-state index is 11.0. The normalized spacial score (nSPS) is 19.7. The van der Waals surface area contributed by atoms with Gasteiger partial charge >= 0.3 is 5.97 Å². The Kier molecular flexibility index (Phi) is 3.63. The van der Waals surface area contributed by atoms with Crippen molar-refractivity contribution in [2.24, 2.45) is 5.92 Å². The molecular weight excluding hydrogens is 268 g/mol. The van der Waals surface area contributed by atoms with Crippen LogP contribution in [0.1, 0.15) is 36.5 Å². The molecule has 6 nitrogen and oxygen atoms in total. The molecule has 0 saturated carbocycles. The lowest BCUT2D eigenvalue weighted by atomic mass is 10.0. The van der Waals surface area contributed by atoms with Gasteiger partial charge in [-0.1, -0.05) is 0 Å². The number of rotatable bonds is 4. The molecule has 0 aromatic carbocycles. The zero-order valence-corrected chi connectivity index (χ0v) is 12.4. The van der Waals surface area contributed by atoms with E-state index in [4.69, 9.17) is 5.11 Å². The number of aromatic nitrogens is 3. The Morgan fingerprint density at radius 1 is 1.48 bits per heavy atom. The van der Waals surface area contributed by atoms with E-state index in [9.17, 15) is 4.79 Å². The molecule has 3 heterocycles. The van der Waals surface area contributed by atoms with E-state index in [1.165, 1.54) is 6.42 Å². The molecule has 0 aliphatic carbocycles. The van der Waals surface area contributed by atoms with Gasteiger partial charge in [-0.25, -0.2) is 4.79 Å². The van der Waals surface area contributed by atoms with Crippen molar-refractivity contribution in [2.75, 3.05) is 13.1 Å². The van der Waals surface area contributed by atoms with E-state index in [2.05, 4.69) is 28.9 Å². The first-order valence-electron chi connectivity index (χ1n) is 7.35. The van der Waals surface area contributed by atoms with Crippen LogP contribution in [0.4, 0.5) is 0 Å². The van der Waals surface area contributed by atoms with Gasteiger partial charge in [0, 0.05) is 25.2 Å². The van der Waals surface area contributed by atoms with Crippen molar-refractivity contribution in [2.45, 2.75) is 32.7 Å². The average molecular weight is 288 g/mol. The van der Waals surface area contributed by atoms with Gasteiger partial charge in [-0.15, -0.1) is 10.2 Å². The summed E-state index contributed by atoms with van der Waals surface area (Å²) >= 11 is 0. The first-order chi connectivity index (χ1) is 10.0. The van der Waals surface area contributed by atoms with E-state index in [0.29, 0.717) is 17.6 Å². The Morgan fingerprint density at radius 3 is 2.95 bits per heavy atom. The lowest BCUT2D eigenvalue weighted by Gasteiger charge is -2.20. The van der Waals surface area contributed by atoms with Crippen molar-refractivity contribution in [1.29, 1.82) is 0 Å². The van der Waals surface area contributed by atoms with E-state index < -0.39 is 5.97 Å². The third-order valence-electron chi connectivity index (χ3n) is 4.25. The molecule has 0 bridgehead atoms. The van der Waals surface area contributed by atoms with Gasteiger partial charge in [0.2, 0.25) is 0 Å². The molecule has 1 saturated heterocycles. The molecule has 0 radical (unpaired) electrons. The standard InChI is InChI=1S/C15H20N4O2/c1-10(2)18-5-3-11(9-18)7-13-16-17-14-8-12(15(20)21)4-6-19(13)14/h4,6,8,10-11H,3,5,7,9H2,1-2H3,(H,20,21). The van der Waals surface area contributed by atoms with Crippen LogP contribution in [0.5, 0.6) is 0 Å². The zero-order chi connectivity index (χ0) is 15.0. The number of likely N-dealkylation sites (tertiary alicyclic amines) is 1. The number of carbonyl (C=O) groups is 1. The Bertz CT molecular complexity index is 665. The number of hydrogen-bond donors (Lipinski definition) is 1. The highest BCUT2D eigenvalue weighted by Gasteiger charge is 2.25. The number of carboxylic acids is 1. The molecule has 1 aliphatic heterocycles. The number of carboxylic acid groups (broad SMARTS) is 1. The summed E-state index contributed by atoms with van der Waals surface area (Å²) in [6.07, 6.45) is 3.82. The van der Waals surface area contributed by atoms with Crippen LogP contribution >= 0.6 is 0 Å². The lowest BCUT2D eigenvalue weighted by molar-refractivity contribution is 0.0697. The van der Waals surface area contributed by atoms with Crippen LogP contribution < -0.4 is 0 Å². The van der Waals surface area contributed by atoms with Crippen LogP contribution in [-0.2, 0) is 6.42 Å². The van der Waals surface area contributed by atoms with E-state index in [-0.39, 0.29) is 5.56 Å². The third kappa shape index (κ3) is 2.76. The number of pyridine rings is 1. The second-order valence-corrected chi connectivity index (χ2v) is 6.01. The van der Waals surface area contributed by atoms with Gasteiger partial charge in [-0.05, 0) is 44.9 Å². The fourth-order valence-corrected chi connectivity index (χ4v) is 2.97. The minimum absolute atomic E-state index is 0.244. The van der Waals surface area contributed by atoms with Gasteiger partial charge in [0.15, 0.2) is 5.65 Å². The molecule has 1 aliphatic rings. The minimum Gasteiger partial charge on any atom is -0.478 e. The second kappa shape index (κ2) is 5.44. The largest absolute Gasteiger partial charge is 0.478 e. The summed E-state index contributed by atoms with van der Waals surface area (Å²) in [5.74, 6) is 0.571. The molecule has 3 rings (SSSR count). The molecule has 6 heteroatoms. The SMILES string of the molecule is CC(C)N1CCC(Cc2nnc3cc(C(=O)O)ccn23)C1. The summed E-state index contributed by atoms with van der Waals surface area (Å²) in [5.41, 5.74) is 0.844. The Hall–Kier alpha value is -1.95. The van der Waals surface area contributed by atoms with Crippen molar-refractivity contribution >= 4 is 11.6 Å². The Labute approximate surface area is 123 Å². The number of nitrogens with zero attached hydrogens (tertiary/aromatic N) is 4. The van der Waals surface area contributed by atoms with Gasteiger partial charge in [-0.2, -0.15) is 0 Å². The summed E-state index contributed by atoms with van der Waals surface area (Å²) in [7, 11) is 0. The van der Waals surface area contributed by atoms with Gasteiger partial charge in [0.1, 0.15) is 5.82 Å². The topological polar surface area (TPSA) is 70.7 Å². The quantitative estimate of drug-likeness (QED) is 0.927. The fraction of sp³-hybridized carbons (Fsp3) is 0.533. The van der Waals surface area contributed by atoms with Crippen molar-refractivity contribution < 1.29 is 9.90 Å². The Morgan fingerprint density at radius 2 is 2.29 bits per heavy atom. The highest BCUT2D eigenvalue weighted by atomic mass is 16.4. The summed E-state index contributed by atoms with van der Waals surface area (Å²) in [4.78, 5) is 13.4. The predicted octanol–water partition coefficient (Wildman–Crippen LogP) is 1.70. The fourth-order valence-electron chi connectivity index (χ4n) is 2.97.